The molecule has 0 radical (unpaired) electrons. The fraction of sp³-hybridized carbons (Fsp3) is 0.261. The Hall–Kier alpha value is -3.11. The van der Waals surface area contributed by atoms with Crippen LogP contribution in [0.5, 0.6) is 0 Å². The number of nitrogens with zero attached hydrogens (tertiary/aromatic N) is 2. The molecule has 1 amide bonds. The standard InChI is InChI=1S/C23H24BrF2N5O2/c1-28-22-15(6-8-33-2)14(3-4-17(22)23(27)32)20-11-21(31-12-30-20)29-7-5-16-18(25)9-13(24)10-19(16)26/h3-4,9-12,28H,5-8H2,1-2H3,(H2,27,32)(H,29,30,31). The molecule has 0 atom stereocenters. The number of rotatable bonds is 10. The summed E-state index contributed by atoms with van der Waals surface area (Å²) in [7, 11) is 3.32. The number of hydrogen-bond acceptors (Lipinski definition) is 6. The molecule has 0 saturated carbocycles. The SMILES string of the molecule is CNc1c(C(N)=O)ccc(-c2cc(NCCc3c(F)cc(Br)cc3F)ncn2)c1CCOC. The molecule has 10 heteroatoms. The molecule has 1 aromatic heterocycles. The number of aromatic nitrogens is 2. The van der Waals surface area contributed by atoms with Gasteiger partial charge < -0.3 is 21.1 Å². The van der Waals surface area contributed by atoms with Gasteiger partial charge in [-0.15, -0.1) is 0 Å². The molecule has 33 heavy (non-hydrogen) atoms. The summed E-state index contributed by atoms with van der Waals surface area (Å²) in [4.78, 5) is 20.4. The Morgan fingerprint density at radius 1 is 1.12 bits per heavy atom. The molecule has 0 aliphatic carbocycles. The smallest absolute Gasteiger partial charge is 0.250 e. The van der Waals surface area contributed by atoms with Gasteiger partial charge in [-0.1, -0.05) is 22.0 Å². The Morgan fingerprint density at radius 2 is 1.85 bits per heavy atom. The zero-order chi connectivity index (χ0) is 24.0. The van der Waals surface area contributed by atoms with Crippen LogP contribution in [0, 0.1) is 11.6 Å². The van der Waals surface area contributed by atoms with Crippen molar-refractivity contribution in [3.63, 3.8) is 0 Å². The van der Waals surface area contributed by atoms with E-state index in [1.807, 2.05) is 0 Å². The van der Waals surface area contributed by atoms with E-state index in [0.29, 0.717) is 40.3 Å². The van der Waals surface area contributed by atoms with Crippen LogP contribution in [0.25, 0.3) is 11.3 Å². The first-order chi connectivity index (χ1) is 15.8. The number of nitrogens with one attached hydrogen (secondary N) is 2. The van der Waals surface area contributed by atoms with E-state index in [4.69, 9.17) is 10.5 Å². The Bertz CT molecular complexity index is 1140. The summed E-state index contributed by atoms with van der Waals surface area (Å²) in [6.07, 6.45) is 2.07. The van der Waals surface area contributed by atoms with Gasteiger partial charge in [0.1, 0.15) is 23.8 Å². The minimum Gasteiger partial charge on any atom is -0.387 e. The number of nitrogens with two attached hydrogens (primary N) is 1. The lowest BCUT2D eigenvalue weighted by molar-refractivity contribution is 0.100. The van der Waals surface area contributed by atoms with Gasteiger partial charge in [-0.25, -0.2) is 18.7 Å². The number of methoxy groups -OCH3 is 1. The number of halogens is 3. The van der Waals surface area contributed by atoms with Gasteiger partial charge in [0.2, 0.25) is 0 Å². The summed E-state index contributed by atoms with van der Waals surface area (Å²) in [5, 5.41) is 6.14. The van der Waals surface area contributed by atoms with Crippen molar-refractivity contribution in [2.45, 2.75) is 12.8 Å². The van der Waals surface area contributed by atoms with Crippen LogP contribution in [0.15, 0.2) is 41.1 Å². The largest absolute Gasteiger partial charge is 0.387 e. The van der Waals surface area contributed by atoms with E-state index in [0.717, 1.165) is 11.1 Å². The number of ether oxygens (including phenoxy) is 1. The molecule has 3 aromatic rings. The molecular formula is C23H24BrF2N5O2. The average Bonchev–Trinajstić information content (AvgIpc) is 2.78. The molecule has 0 fully saturated rings. The van der Waals surface area contributed by atoms with E-state index in [1.54, 1.807) is 32.4 Å². The molecule has 3 rings (SSSR count). The number of amides is 1. The van der Waals surface area contributed by atoms with Gasteiger partial charge >= 0.3 is 0 Å². The third kappa shape index (κ3) is 5.82. The lowest BCUT2D eigenvalue weighted by Crippen LogP contribution is -2.16. The molecule has 7 nitrogen and oxygen atoms in total. The molecule has 0 unspecified atom stereocenters. The highest BCUT2D eigenvalue weighted by Gasteiger charge is 2.18. The summed E-state index contributed by atoms with van der Waals surface area (Å²) in [6.45, 7) is 0.704. The number of carbonyl (C=O) groups excluding carboxylic acids is 1. The topological polar surface area (TPSA) is 102 Å². The fourth-order valence-electron chi connectivity index (χ4n) is 3.57. The Kier molecular flexibility index (Phi) is 8.29. The van der Waals surface area contributed by atoms with Crippen molar-refractivity contribution in [3.8, 4) is 11.3 Å². The molecule has 1 heterocycles. The quantitative estimate of drug-likeness (QED) is 0.371. The van der Waals surface area contributed by atoms with Crippen molar-refractivity contribution >= 4 is 33.3 Å². The van der Waals surface area contributed by atoms with Crippen LogP contribution in [0.2, 0.25) is 0 Å². The summed E-state index contributed by atoms with van der Waals surface area (Å²) in [6, 6.07) is 7.64. The zero-order valence-electron chi connectivity index (χ0n) is 18.2. The lowest BCUT2D eigenvalue weighted by atomic mass is 9.95. The van der Waals surface area contributed by atoms with E-state index < -0.39 is 17.5 Å². The maximum Gasteiger partial charge on any atom is 0.250 e. The Morgan fingerprint density at radius 3 is 2.48 bits per heavy atom. The third-order valence-electron chi connectivity index (χ3n) is 5.11. The van der Waals surface area contributed by atoms with Crippen molar-refractivity contribution in [3.05, 3.63) is 69.5 Å². The van der Waals surface area contributed by atoms with Gasteiger partial charge in [0, 0.05) is 42.4 Å². The van der Waals surface area contributed by atoms with E-state index in [1.165, 1.54) is 18.5 Å². The van der Waals surface area contributed by atoms with Crippen LogP contribution in [0.3, 0.4) is 0 Å². The van der Waals surface area contributed by atoms with Gasteiger partial charge in [-0.2, -0.15) is 0 Å². The van der Waals surface area contributed by atoms with Crippen LogP contribution in [0.4, 0.5) is 20.3 Å². The molecule has 0 spiro atoms. The summed E-state index contributed by atoms with van der Waals surface area (Å²) in [5.74, 6) is -1.25. The van der Waals surface area contributed by atoms with Gasteiger partial charge in [0.15, 0.2) is 0 Å². The Balaban J connectivity index is 1.86. The van der Waals surface area contributed by atoms with Crippen LogP contribution < -0.4 is 16.4 Å². The maximum atomic E-state index is 14.1. The molecule has 4 N–H and O–H groups in total. The zero-order valence-corrected chi connectivity index (χ0v) is 19.8. The minimum atomic E-state index is -0.607. The minimum absolute atomic E-state index is 0.00235. The van der Waals surface area contributed by atoms with Crippen molar-refractivity contribution in [1.29, 1.82) is 0 Å². The monoisotopic (exact) mass is 519 g/mol. The van der Waals surface area contributed by atoms with Crippen molar-refractivity contribution in [1.82, 2.24) is 9.97 Å². The summed E-state index contributed by atoms with van der Waals surface area (Å²) < 4.78 is 33.7. The molecule has 174 valence electrons. The van der Waals surface area contributed by atoms with E-state index in [9.17, 15) is 13.6 Å². The molecular weight excluding hydrogens is 496 g/mol. The first-order valence-corrected chi connectivity index (χ1v) is 11.0. The number of hydrogen-bond donors (Lipinski definition) is 3. The van der Waals surface area contributed by atoms with Crippen LogP contribution in [-0.4, -0.2) is 43.2 Å². The summed E-state index contributed by atoms with van der Waals surface area (Å²) in [5.41, 5.74) is 8.76. The Labute approximate surface area is 198 Å². The normalized spacial score (nSPS) is 10.8. The molecule has 0 aliphatic rings. The van der Waals surface area contributed by atoms with Crippen LogP contribution in [0.1, 0.15) is 21.5 Å². The van der Waals surface area contributed by atoms with E-state index in [2.05, 4.69) is 36.5 Å². The summed E-state index contributed by atoms with van der Waals surface area (Å²) >= 11 is 3.08. The van der Waals surface area contributed by atoms with Crippen molar-refractivity contribution in [2.24, 2.45) is 5.73 Å². The van der Waals surface area contributed by atoms with Gasteiger partial charge in [-0.3, -0.25) is 4.79 Å². The molecule has 0 aliphatic heterocycles. The second kappa shape index (κ2) is 11.2. The van der Waals surface area contributed by atoms with E-state index in [-0.39, 0.29) is 18.5 Å². The highest BCUT2D eigenvalue weighted by atomic mass is 79.9. The molecule has 2 aromatic carbocycles. The van der Waals surface area contributed by atoms with E-state index >= 15 is 0 Å². The van der Waals surface area contributed by atoms with Gasteiger partial charge in [0.05, 0.1) is 23.6 Å². The second-order valence-electron chi connectivity index (χ2n) is 7.18. The third-order valence-corrected chi connectivity index (χ3v) is 5.57. The average molecular weight is 520 g/mol. The predicted octanol–water partition coefficient (Wildman–Crippen LogP) is 4.17. The van der Waals surface area contributed by atoms with Gasteiger partial charge in [0.25, 0.3) is 5.91 Å². The highest BCUT2D eigenvalue weighted by molar-refractivity contribution is 9.10. The second-order valence-corrected chi connectivity index (χ2v) is 8.10. The van der Waals surface area contributed by atoms with Crippen LogP contribution in [-0.2, 0) is 17.6 Å². The molecule has 0 saturated heterocycles. The number of benzene rings is 2. The predicted molar refractivity (Wildman–Crippen MR) is 127 cm³/mol. The van der Waals surface area contributed by atoms with Crippen LogP contribution >= 0.6 is 15.9 Å². The highest BCUT2D eigenvalue weighted by Crippen LogP contribution is 2.32. The maximum absolute atomic E-state index is 14.1. The number of carbonyl (C=O) groups is 1. The molecule has 0 bridgehead atoms. The fourth-order valence-corrected chi connectivity index (χ4v) is 3.97. The lowest BCUT2D eigenvalue weighted by Gasteiger charge is -2.17. The first kappa shape index (κ1) is 24.5. The number of anilines is 2. The number of primary amides is 1. The first-order valence-electron chi connectivity index (χ1n) is 10.2. The van der Waals surface area contributed by atoms with Crippen molar-refractivity contribution < 1.29 is 18.3 Å². The van der Waals surface area contributed by atoms with Crippen molar-refractivity contribution in [2.75, 3.05) is 37.9 Å². The van der Waals surface area contributed by atoms with Gasteiger partial charge in [-0.05, 0) is 36.6 Å².